The van der Waals surface area contributed by atoms with Crippen LogP contribution in [0, 0.1) is 0 Å². The molecular weight excluding hydrogens is 442 g/mol. The third kappa shape index (κ3) is 4.68. The number of thiazole rings is 1. The summed E-state index contributed by atoms with van der Waals surface area (Å²) in [6, 6.07) is 3.12. The third-order valence-electron chi connectivity index (χ3n) is 8.36. The second-order valence-electron chi connectivity index (χ2n) is 10.5. The van der Waals surface area contributed by atoms with Crippen molar-refractivity contribution in [3.8, 4) is 11.3 Å². The Labute approximate surface area is 206 Å². The van der Waals surface area contributed by atoms with Crippen LogP contribution in [0.25, 0.3) is 22.3 Å². The van der Waals surface area contributed by atoms with Crippen LogP contribution in [-0.4, -0.2) is 77.2 Å². The predicted octanol–water partition coefficient (Wildman–Crippen LogP) is 5.24. The molecule has 2 saturated heterocycles. The highest BCUT2D eigenvalue weighted by molar-refractivity contribution is 7.10. The number of piperidine rings is 1. The van der Waals surface area contributed by atoms with E-state index in [2.05, 4.69) is 45.7 Å². The van der Waals surface area contributed by atoms with Gasteiger partial charge < -0.3 is 14.6 Å². The van der Waals surface area contributed by atoms with E-state index in [1.54, 1.807) is 0 Å². The molecule has 0 aromatic carbocycles. The second kappa shape index (κ2) is 10.1. The van der Waals surface area contributed by atoms with E-state index in [0.29, 0.717) is 11.8 Å². The average molecular weight is 480 g/mol. The molecule has 5 heterocycles. The summed E-state index contributed by atoms with van der Waals surface area (Å²) < 4.78 is 5.67. The quantitative estimate of drug-likeness (QED) is 0.554. The van der Waals surface area contributed by atoms with Crippen LogP contribution in [0.15, 0.2) is 23.8 Å². The number of rotatable bonds is 4. The number of hydrogen-bond donors (Lipinski definition) is 1. The number of H-pyrrole nitrogens is 1. The zero-order chi connectivity index (χ0) is 22.9. The van der Waals surface area contributed by atoms with Crippen molar-refractivity contribution in [2.75, 3.05) is 46.4 Å². The summed E-state index contributed by atoms with van der Waals surface area (Å²) in [5.41, 5.74) is 4.69. The Bertz CT molecular complexity index is 1090. The van der Waals surface area contributed by atoms with E-state index < -0.39 is 0 Å². The fraction of sp³-hybridized carbons (Fsp3) is 0.630. The molecule has 2 aliphatic heterocycles. The molecule has 6 nitrogen and oxygen atoms in total. The molecule has 34 heavy (non-hydrogen) atoms. The van der Waals surface area contributed by atoms with E-state index in [4.69, 9.17) is 14.7 Å². The largest absolute Gasteiger partial charge is 0.380 e. The minimum absolute atomic E-state index is 0.611. The van der Waals surface area contributed by atoms with Crippen molar-refractivity contribution in [2.45, 2.75) is 62.8 Å². The Morgan fingerprint density at radius 3 is 2.71 bits per heavy atom. The van der Waals surface area contributed by atoms with Crippen LogP contribution in [0.4, 0.5) is 0 Å². The minimum atomic E-state index is 0.611. The first-order valence-electron chi connectivity index (χ1n) is 13.2. The summed E-state index contributed by atoms with van der Waals surface area (Å²) in [5, 5.41) is 4.78. The fourth-order valence-electron chi connectivity index (χ4n) is 6.21. The number of ether oxygens (including phenoxy) is 1. The maximum Gasteiger partial charge on any atom is 0.137 e. The first kappa shape index (κ1) is 22.7. The summed E-state index contributed by atoms with van der Waals surface area (Å²) in [6.45, 7) is 6.47. The number of fused-ring (bicyclic) bond motifs is 1. The lowest BCUT2D eigenvalue weighted by molar-refractivity contribution is 0.118. The molecular formula is C27H37N5OS. The molecule has 0 radical (unpaired) electrons. The second-order valence-corrected chi connectivity index (χ2v) is 11.4. The monoisotopic (exact) mass is 479 g/mol. The van der Waals surface area contributed by atoms with Gasteiger partial charge >= 0.3 is 0 Å². The Balaban J connectivity index is 1.17. The van der Waals surface area contributed by atoms with Crippen LogP contribution in [0.3, 0.4) is 0 Å². The van der Waals surface area contributed by atoms with Gasteiger partial charge in [0, 0.05) is 60.4 Å². The van der Waals surface area contributed by atoms with Crippen LogP contribution >= 0.6 is 11.3 Å². The van der Waals surface area contributed by atoms with E-state index in [-0.39, 0.29) is 0 Å². The molecule has 3 aromatic rings. The van der Waals surface area contributed by atoms with Gasteiger partial charge in [0.05, 0.1) is 17.3 Å². The van der Waals surface area contributed by atoms with Crippen LogP contribution < -0.4 is 0 Å². The number of nitrogens with zero attached hydrogens (tertiary/aromatic N) is 4. The van der Waals surface area contributed by atoms with Gasteiger partial charge in [-0.1, -0.05) is 0 Å². The summed E-state index contributed by atoms with van der Waals surface area (Å²) in [4.78, 5) is 18.4. The smallest absolute Gasteiger partial charge is 0.137 e. The third-order valence-corrected chi connectivity index (χ3v) is 9.37. The first-order valence-corrected chi connectivity index (χ1v) is 14.1. The molecule has 182 valence electrons. The molecule has 3 aliphatic rings. The van der Waals surface area contributed by atoms with Crippen molar-refractivity contribution in [3.05, 3.63) is 34.4 Å². The number of pyridine rings is 1. The van der Waals surface area contributed by atoms with Crippen molar-refractivity contribution >= 4 is 22.4 Å². The van der Waals surface area contributed by atoms with Gasteiger partial charge in [-0.05, 0) is 82.6 Å². The summed E-state index contributed by atoms with van der Waals surface area (Å²) in [6.07, 6.45) is 12.9. The highest BCUT2D eigenvalue weighted by atomic mass is 32.1. The Morgan fingerprint density at radius 1 is 1.00 bits per heavy atom. The maximum atomic E-state index is 5.67. The molecule has 0 amide bonds. The number of likely N-dealkylation sites (tertiary alicyclic amines) is 1. The number of aromatic amines is 1. The van der Waals surface area contributed by atoms with Crippen LogP contribution in [-0.2, 0) is 4.74 Å². The Morgan fingerprint density at radius 2 is 1.85 bits per heavy atom. The zero-order valence-corrected chi connectivity index (χ0v) is 21.2. The standard InChI is InChI=1S/C27H37N5OS/c1-31-10-7-20(8-11-31)27-30-25(18-34-27)24-17-29-26-23(24)15-21(16-28-26)19-3-5-22(6-4-19)32-9-2-13-33-14-12-32/h15-20,22H,2-14H2,1H3,(H,28,29)/t19-,22-. The predicted molar refractivity (Wildman–Crippen MR) is 139 cm³/mol. The van der Waals surface area contributed by atoms with Crippen molar-refractivity contribution < 1.29 is 4.74 Å². The SMILES string of the molecule is CN1CCC(c2nc(-c3c[nH]c4ncc([C@H]5CC[C@H](N6CCCOCC6)CC5)cc34)cs2)CC1. The van der Waals surface area contributed by atoms with Gasteiger partial charge in [0.25, 0.3) is 0 Å². The normalized spacial score (nSPS) is 26.1. The average Bonchev–Trinajstić information content (AvgIpc) is 3.43. The van der Waals surface area contributed by atoms with Gasteiger partial charge in [-0.25, -0.2) is 9.97 Å². The van der Waals surface area contributed by atoms with Crippen LogP contribution in [0.2, 0.25) is 0 Å². The van der Waals surface area contributed by atoms with Gasteiger partial charge in [-0.3, -0.25) is 4.90 Å². The molecule has 6 rings (SSSR count). The highest BCUT2D eigenvalue weighted by Gasteiger charge is 2.28. The number of nitrogens with one attached hydrogen (secondary N) is 1. The van der Waals surface area contributed by atoms with Gasteiger partial charge in [0.15, 0.2) is 0 Å². The first-order chi connectivity index (χ1) is 16.7. The molecule has 1 saturated carbocycles. The lowest BCUT2D eigenvalue weighted by Crippen LogP contribution is -2.39. The highest BCUT2D eigenvalue weighted by Crippen LogP contribution is 2.38. The summed E-state index contributed by atoms with van der Waals surface area (Å²) >= 11 is 1.83. The van der Waals surface area contributed by atoms with Gasteiger partial charge in [-0.15, -0.1) is 11.3 Å². The van der Waals surface area contributed by atoms with E-state index in [1.165, 1.54) is 86.1 Å². The molecule has 7 heteroatoms. The van der Waals surface area contributed by atoms with E-state index >= 15 is 0 Å². The van der Waals surface area contributed by atoms with E-state index in [0.717, 1.165) is 37.1 Å². The molecule has 1 N–H and O–H groups in total. The van der Waals surface area contributed by atoms with Crippen LogP contribution in [0.1, 0.15) is 67.4 Å². The van der Waals surface area contributed by atoms with Crippen molar-refractivity contribution in [1.82, 2.24) is 24.8 Å². The summed E-state index contributed by atoms with van der Waals surface area (Å²) in [7, 11) is 2.22. The molecule has 0 bridgehead atoms. The molecule has 0 unspecified atom stereocenters. The maximum absolute atomic E-state index is 5.67. The number of aromatic nitrogens is 3. The fourth-order valence-corrected chi connectivity index (χ4v) is 7.21. The molecule has 1 aliphatic carbocycles. The zero-order valence-electron chi connectivity index (χ0n) is 20.3. The lowest BCUT2D eigenvalue weighted by Gasteiger charge is -2.36. The molecule has 0 spiro atoms. The molecule has 0 atom stereocenters. The summed E-state index contributed by atoms with van der Waals surface area (Å²) in [5.74, 6) is 1.23. The van der Waals surface area contributed by atoms with Gasteiger partial charge in [0.1, 0.15) is 5.65 Å². The topological polar surface area (TPSA) is 57.3 Å². The van der Waals surface area contributed by atoms with Crippen molar-refractivity contribution in [2.24, 2.45) is 0 Å². The van der Waals surface area contributed by atoms with E-state index in [1.807, 2.05) is 11.3 Å². The van der Waals surface area contributed by atoms with Crippen LogP contribution in [0.5, 0.6) is 0 Å². The van der Waals surface area contributed by atoms with Crippen molar-refractivity contribution in [1.29, 1.82) is 0 Å². The molecule has 3 aromatic heterocycles. The van der Waals surface area contributed by atoms with Gasteiger partial charge in [-0.2, -0.15) is 0 Å². The Kier molecular flexibility index (Phi) is 6.70. The van der Waals surface area contributed by atoms with Crippen molar-refractivity contribution in [3.63, 3.8) is 0 Å². The van der Waals surface area contributed by atoms with E-state index in [9.17, 15) is 0 Å². The van der Waals surface area contributed by atoms with Gasteiger partial charge in [0.2, 0.25) is 0 Å². The molecule has 3 fully saturated rings. The Hall–Kier alpha value is -1.80. The number of hydrogen-bond acceptors (Lipinski definition) is 6. The minimum Gasteiger partial charge on any atom is -0.380 e. The lowest BCUT2D eigenvalue weighted by atomic mass is 9.81.